The Morgan fingerprint density at radius 1 is 1.25 bits per heavy atom. The summed E-state index contributed by atoms with van der Waals surface area (Å²) in [6.07, 6.45) is 0. The molecule has 0 bridgehead atoms. The Bertz CT molecular complexity index is 481. The van der Waals surface area contributed by atoms with Gasteiger partial charge in [-0.25, -0.2) is 0 Å². The van der Waals surface area contributed by atoms with Crippen molar-refractivity contribution in [1.29, 1.82) is 0 Å². The van der Waals surface area contributed by atoms with Crippen LogP contribution in [0.2, 0.25) is 5.15 Å². The normalized spacial score (nSPS) is 10.7. The summed E-state index contributed by atoms with van der Waals surface area (Å²) in [5.41, 5.74) is 0.870. The number of rotatable bonds is 3. The van der Waals surface area contributed by atoms with Crippen LogP contribution in [0, 0.1) is 6.92 Å². The summed E-state index contributed by atoms with van der Waals surface area (Å²) in [7, 11) is 1.94. The van der Waals surface area contributed by atoms with E-state index in [9.17, 15) is 0 Å². The molecule has 5 nitrogen and oxygen atoms in total. The zero-order valence-electron chi connectivity index (χ0n) is 8.88. The van der Waals surface area contributed by atoms with Gasteiger partial charge in [-0.3, -0.25) is 0 Å². The van der Waals surface area contributed by atoms with Crippen LogP contribution in [0.5, 0.6) is 0 Å². The topological polar surface area (TPSA) is 56.5 Å². The van der Waals surface area contributed by atoms with Gasteiger partial charge >= 0.3 is 0 Å². The molecule has 0 aliphatic rings. The second-order valence-electron chi connectivity index (χ2n) is 3.22. The second kappa shape index (κ2) is 4.80. The molecule has 2 heterocycles. The van der Waals surface area contributed by atoms with Crippen LogP contribution in [0.4, 0.5) is 0 Å². The molecule has 0 aliphatic carbocycles. The number of aryl methyl sites for hydroxylation is 1. The third kappa shape index (κ3) is 2.51. The summed E-state index contributed by atoms with van der Waals surface area (Å²) >= 11 is 7.22. The summed E-state index contributed by atoms with van der Waals surface area (Å²) in [5, 5.41) is 17.1. The lowest BCUT2D eigenvalue weighted by atomic mass is 10.4. The van der Waals surface area contributed by atoms with Crippen LogP contribution in [-0.4, -0.2) is 25.0 Å². The summed E-state index contributed by atoms with van der Waals surface area (Å²) in [5.74, 6) is 1.60. The molecule has 0 saturated heterocycles. The molecule has 0 amide bonds. The van der Waals surface area contributed by atoms with Crippen molar-refractivity contribution in [2.75, 3.05) is 0 Å². The fraction of sp³-hybridized carbons (Fsp3) is 0.333. The Morgan fingerprint density at radius 3 is 2.62 bits per heavy atom. The molecule has 7 heteroatoms. The number of halogens is 1. The quantitative estimate of drug-likeness (QED) is 0.784. The minimum absolute atomic E-state index is 0.406. The Labute approximate surface area is 102 Å². The third-order valence-corrected chi connectivity index (χ3v) is 3.34. The highest BCUT2D eigenvalue weighted by molar-refractivity contribution is 7.98. The largest absolute Gasteiger partial charge is 0.309 e. The van der Waals surface area contributed by atoms with Crippen LogP contribution in [0.15, 0.2) is 17.3 Å². The van der Waals surface area contributed by atoms with E-state index in [-0.39, 0.29) is 0 Å². The minimum atomic E-state index is 0.406. The first-order chi connectivity index (χ1) is 7.66. The fourth-order valence-corrected chi connectivity index (χ4v) is 2.03. The maximum atomic E-state index is 5.65. The van der Waals surface area contributed by atoms with Crippen molar-refractivity contribution >= 4 is 23.4 Å². The maximum Gasteiger partial charge on any atom is 0.191 e. The Hall–Kier alpha value is -1.14. The van der Waals surface area contributed by atoms with E-state index in [1.165, 1.54) is 0 Å². The molecule has 0 atom stereocenters. The molecule has 0 N–H and O–H groups in total. The number of thioether (sulfide) groups is 1. The van der Waals surface area contributed by atoms with Crippen molar-refractivity contribution < 1.29 is 0 Å². The van der Waals surface area contributed by atoms with Crippen molar-refractivity contribution in [2.24, 2.45) is 7.05 Å². The summed E-state index contributed by atoms with van der Waals surface area (Å²) in [4.78, 5) is 0. The molecule has 0 fully saturated rings. The smallest absolute Gasteiger partial charge is 0.191 e. The lowest BCUT2D eigenvalue weighted by molar-refractivity contribution is 0.765. The predicted octanol–water partition coefficient (Wildman–Crippen LogP) is 1.86. The van der Waals surface area contributed by atoms with Crippen molar-refractivity contribution in [1.82, 2.24) is 25.0 Å². The van der Waals surface area contributed by atoms with E-state index in [1.54, 1.807) is 17.8 Å². The monoisotopic (exact) mass is 255 g/mol. The van der Waals surface area contributed by atoms with Gasteiger partial charge in [-0.05, 0) is 19.1 Å². The van der Waals surface area contributed by atoms with Gasteiger partial charge in [-0.2, -0.15) is 5.10 Å². The van der Waals surface area contributed by atoms with Gasteiger partial charge in [0.15, 0.2) is 10.3 Å². The van der Waals surface area contributed by atoms with Crippen molar-refractivity contribution in [2.45, 2.75) is 17.8 Å². The van der Waals surface area contributed by atoms with Gasteiger partial charge in [-0.1, -0.05) is 23.4 Å². The summed E-state index contributed by atoms with van der Waals surface area (Å²) < 4.78 is 1.94. The van der Waals surface area contributed by atoms with E-state index < -0.39 is 0 Å². The van der Waals surface area contributed by atoms with Gasteiger partial charge in [0.05, 0.1) is 5.69 Å². The van der Waals surface area contributed by atoms with Crippen molar-refractivity contribution in [3.8, 4) is 0 Å². The van der Waals surface area contributed by atoms with Crippen LogP contribution in [-0.2, 0) is 12.8 Å². The van der Waals surface area contributed by atoms with Crippen molar-refractivity contribution in [3.63, 3.8) is 0 Å². The average Bonchev–Trinajstić information content (AvgIpc) is 2.60. The first-order valence-electron chi connectivity index (χ1n) is 4.63. The van der Waals surface area contributed by atoms with Gasteiger partial charge in [-0.15, -0.1) is 15.3 Å². The Morgan fingerprint density at radius 2 is 2.06 bits per heavy atom. The van der Waals surface area contributed by atoms with Crippen molar-refractivity contribution in [3.05, 3.63) is 28.8 Å². The molecule has 2 rings (SSSR count). The molecular formula is C9H10ClN5S. The number of aromatic nitrogens is 5. The Kier molecular flexibility index (Phi) is 3.40. The van der Waals surface area contributed by atoms with E-state index in [2.05, 4.69) is 20.4 Å². The molecule has 0 saturated carbocycles. The molecule has 16 heavy (non-hydrogen) atoms. The SMILES string of the molecule is Cc1nnc(SCc2ccc(Cl)nn2)n1C. The van der Waals surface area contributed by atoms with Gasteiger partial charge < -0.3 is 4.57 Å². The highest BCUT2D eigenvalue weighted by atomic mass is 35.5. The lowest BCUT2D eigenvalue weighted by Crippen LogP contribution is -1.95. The molecule has 0 unspecified atom stereocenters. The zero-order chi connectivity index (χ0) is 11.5. The third-order valence-electron chi connectivity index (χ3n) is 2.09. The van der Waals surface area contributed by atoms with Crippen LogP contribution < -0.4 is 0 Å². The van der Waals surface area contributed by atoms with Crippen LogP contribution >= 0.6 is 23.4 Å². The molecule has 2 aromatic rings. The number of hydrogen-bond acceptors (Lipinski definition) is 5. The van der Waals surface area contributed by atoms with Gasteiger partial charge in [0.25, 0.3) is 0 Å². The maximum absolute atomic E-state index is 5.65. The highest BCUT2D eigenvalue weighted by Crippen LogP contribution is 2.19. The highest BCUT2D eigenvalue weighted by Gasteiger charge is 2.06. The van der Waals surface area contributed by atoms with E-state index in [0.717, 1.165) is 16.7 Å². The molecule has 0 radical (unpaired) electrons. The molecule has 0 aliphatic heterocycles. The summed E-state index contributed by atoms with van der Waals surface area (Å²) in [6, 6.07) is 3.58. The lowest BCUT2D eigenvalue weighted by Gasteiger charge is -2.00. The van der Waals surface area contributed by atoms with Crippen LogP contribution in [0.3, 0.4) is 0 Å². The zero-order valence-corrected chi connectivity index (χ0v) is 10.5. The van der Waals surface area contributed by atoms with E-state index in [0.29, 0.717) is 10.9 Å². The van der Waals surface area contributed by atoms with Gasteiger partial charge in [0, 0.05) is 12.8 Å². The average molecular weight is 256 g/mol. The predicted molar refractivity (Wildman–Crippen MR) is 62.3 cm³/mol. The van der Waals surface area contributed by atoms with Crippen LogP contribution in [0.1, 0.15) is 11.5 Å². The van der Waals surface area contributed by atoms with Gasteiger partial charge in [0.1, 0.15) is 5.82 Å². The fourth-order valence-electron chi connectivity index (χ4n) is 1.07. The molecule has 84 valence electrons. The molecular weight excluding hydrogens is 246 g/mol. The Balaban J connectivity index is 2.02. The van der Waals surface area contributed by atoms with E-state index in [1.807, 2.05) is 24.6 Å². The first-order valence-corrected chi connectivity index (χ1v) is 6.00. The minimum Gasteiger partial charge on any atom is -0.309 e. The van der Waals surface area contributed by atoms with Gasteiger partial charge in [0.2, 0.25) is 0 Å². The molecule has 2 aromatic heterocycles. The number of nitrogens with zero attached hydrogens (tertiary/aromatic N) is 5. The second-order valence-corrected chi connectivity index (χ2v) is 4.55. The van der Waals surface area contributed by atoms with E-state index in [4.69, 9.17) is 11.6 Å². The van der Waals surface area contributed by atoms with Crippen LogP contribution in [0.25, 0.3) is 0 Å². The first kappa shape index (κ1) is 11.3. The van der Waals surface area contributed by atoms with E-state index >= 15 is 0 Å². The molecule has 0 aromatic carbocycles. The summed E-state index contributed by atoms with van der Waals surface area (Å²) in [6.45, 7) is 1.92. The number of hydrogen-bond donors (Lipinski definition) is 0. The standard InChI is InChI=1S/C9H10ClN5S/c1-6-11-14-9(15(6)2)16-5-7-3-4-8(10)13-12-7/h3-4H,5H2,1-2H3. The molecule has 0 spiro atoms.